The summed E-state index contributed by atoms with van der Waals surface area (Å²) >= 11 is 0. The van der Waals surface area contributed by atoms with Gasteiger partial charge >= 0.3 is 0 Å². The van der Waals surface area contributed by atoms with Gasteiger partial charge in [0.05, 0.1) is 0 Å². The highest BCUT2D eigenvalue weighted by Gasteiger charge is 2.39. The fraction of sp³-hybridized carbons (Fsp3) is 0.591. The quantitative estimate of drug-likeness (QED) is 0.776. The maximum absolute atomic E-state index is 13.1. The molecule has 0 spiro atoms. The van der Waals surface area contributed by atoms with E-state index in [4.69, 9.17) is 9.47 Å². The number of rotatable bonds is 7. The second-order valence-corrected chi connectivity index (χ2v) is 7.53. The predicted octanol–water partition coefficient (Wildman–Crippen LogP) is 2.21. The van der Waals surface area contributed by atoms with Crippen molar-refractivity contribution in [2.45, 2.75) is 32.0 Å². The molecule has 1 saturated heterocycles. The van der Waals surface area contributed by atoms with Crippen LogP contribution in [0.15, 0.2) is 42.2 Å². The van der Waals surface area contributed by atoms with Crippen LogP contribution < -0.4 is 0 Å². The van der Waals surface area contributed by atoms with Gasteiger partial charge in [0.15, 0.2) is 5.76 Å². The molecule has 1 fully saturated rings. The van der Waals surface area contributed by atoms with E-state index in [0.717, 1.165) is 25.1 Å². The molecule has 1 aromatic rings. The first-order valence-electron chi connectivity index (χ1n) is 10.3. The molecule has 1 N–H and O–H groups in total. The molecule has 2 heterocycles. The van der Waals surface area contributed by atoms with Gasteiger partial charge in [-0.1, -0.05) is 30.3 Å². The lowest BCUT2D eigenvalue weighted by molar-refractivity contribution is -0.170. The molecule has 6 nitrogen and oxygen atoms in total. The minimum absolute atomic E-state index is 0.0180. The molecular weight excluding hydrogens is 356 g/mol. The van der Waals surface area contributed by atoms with Crippen molar-refractivity contribution in [3.05, 3.63) is 47.7 Å². The second kappa shape index (κ2) is 10.0. The van der Waals surface area contributed by atoms with Crippen LogP contribution in [0.4, 0.5) is 0 Å². The topological polar surface area (TPSA) is 62.2 Å². The Kier molecular flexibility index (Phi) is 7.48. The van der Waals surface area contributed by atoms with Gasteiger partial charge < -0.3 is 24.4 Å². The van der Waals surface area contributed by atoms with Crippen molar-refractivity contribution >= 4 is 5.91 Å². The van der Waals surface area contributed by atoms with Gasteiger partial charge in [-0.3, -0.25) is 4.79 Å². The summed E-state index contributed by atoms with van der Waals surface area (Å²) < 4.78 is 12.0. The van der Waals surface area contributed by atoms with E-state index < -0.39 is 6.29 Å². The van der Waals surface area contributed by atoms with Crippen LogP contribution in [-0.4, -0.2) is 73.5 Å². The molecule has 1 amide bonds. The minimum Gasteiger partial charge on any atom is -0.459 e. The van der Waals surface area contributed by atoms with E-state index in [1.807, 2.05) is 36.1 Å². The monoisotopic (exact) mass is 388 g/mol. The maximum Gasteiger partial charge on any atom is 0.288 e. The van der Waals surface area contributed by atoms with E-state index in [0.29, 0.717) is 31.9 Å². The lowest BCUT2D eigenvalue weighted by Gasteiger charge is -2.39. The molecule has 6 heteroatoms. The third-order valence-corrected chi connectivity index (χ3v) is 5.60. The molecule has 28 heavy (non-hydrogen) atoms. The van der Waals surface area contributed by atoms with Gasteiger partial charge in [0.25, 0.3) is 5.91 Å². The Balaban J connectivity index is 1.88. The molecule has 3 rings (SSSR count). The Labute approximate surface area is 167 Å². The first kappa shape index (κ1) is 20.8. The van der Waals surface area contributed by atoms with Gasteiger partial charge in [0.2, 0.25) is 6.29 Å². The molecule has 1 aromatic carbocycles. The summed E-state index contributed by atoms with van der Waals surface area (Å²) in [6, 6.07) is 10.2. The van der Waals surface area contributed by atoms with Crippen LogP contribution in [0.5, 0.6) is 0 Å². The Hall–Kier alpha value is -1.89. The first-order chi connectivity index (χ1) is 13.6. The largest absolute Gasteiger partial charge is 0.459 e. The van der Waals surface area contributed by atoms with Crippen molar-refractivity contribution in [2.75, 3.05) is 46.4 Å². The highest BCUT2D eigenvalue weighted by molar-refractivity contribution is 5.92. The number of carbonyl (C=O) groups excluding carboxylic acids is 1. The number of nitrogens with zero attached hydrogens (tertiary/aromatic N) is 2. The molecule has 0 saturated carbocycles. The Morgan fingerprint density at radius 2 is 1.93 bits per heavy atom. The van der Waals surface area contributed by atoms with Gasteiger partial charge in [0, 0.05) is 51.2 Å². The van der Waals surface area contributed by atoms with Crippen molar-refractivity contribution in [3.63, 3.8) is 0 Å². The maximum atomic E-state index is 13.1. The fourth-order valence-electron chi connectivity index (χ4n) is 3.98. The summed E-state index contributed by atoms with van der Waals surface area (Å²) in [4.78, 5) is 17.2. The summed E-state index contributed by atoms with van der Waals surface area (Å²) in [5.41, 5.74) is 1.14. The number of hydrogen-bond acceptors (Lipinski definition) is 5. The van der Waals surface area contributed by atoms with Crippen LogP contribution in [0.25, 0.3) is 0 Å². The zero-order valence-corrected chi connectivity index (χ0v) is 16.9. The summed E-state index contributed by atoms with van der Waals surface area (Å²) in [6.45, 7) is 5.73. The number of amides is 1. The predicted molar refractivity (Wildman–Crippen MR) is 108 cm³/mol. The molecular formula is C22H32N2O4. The number of piperazine rings is 1. The van der Waals surface area contributed by atoms with E-state index in [-0.39, 0.29) is 24.3 Å². The summed E-state index contributed by atoms with van der Waals surface area (Å²) in [7, 11) is 2.07. The van der Waals surface area contributed by atoms with Crippen molar-refractivity contribution in [2.24, 2.45) is 5.92 Å². The van der Waals surface area contributed by atoms with E-state index in [9.17, 15) is 9.90 Å². The Morgan fingerprint density at radius 1 is 1.21 bits per heavy atom. The van der Waals surface area contributed by atoms with Gasteiger partial charge in [-0.05, 0) is 38.5 Å². The number of hydrogen-bond donors (Lipinski definition) is 1. The highest BCUT2D eigenvalue weighted by atomic mass is 16.7. The smallest absolute Gasteiger partial charge is 0.288 e. The number of aliphatic hydroxyl groups excluding tert-OH is 1. The molecule has 0 bridgehead atoms. The van der Waals surface area contributed by atoms with E-state index in [1.165, 1.54) is 0 Å². The molecule has 0 radical (unpaired) electrons. The summed E-state index contributed by atoms with van der Waals surface area (Å²) in [5, 5.41) is 9.34. The third-order valence-electron chi connectivity index (χ3n) is 5.60. The van der Waals surface area contributed by atoms with Crippen LogP contribution in [0.1, 0.15) is 31.2 Å². The number of ether oxygens (including phenoxy) is 2. The third kappa shape index (κ3) is 4.93. The molecule has 154 valence electrons. The van der Waals surface area contributed by atoms with E-state index in [1.54, 1.807) is 0 Å². The second-order valence-electron chi connectivity index (χ2n) is 7.53. The highest BCUT2D eigenvalue weighted by Crippen LogP contribution is 2.39. The standard InChI is InChI=1S/C22H32N2O4/c1-3-27-22-18(10-7-15-25)19(17-8-5-4-6-9-17)16-20(28-22)21(26)24-13-11-23(2)12-14-24/h4-6,8-9,16,18-19,22,25H,3,7,10-15H2,1-2H3/t18-,19+,22+/m0/s1. The molecule has 0 aliphatic carbocycles. The lowest BCUT2D eigenvalue weighted by atomic mass is 9.80. The molecule has 0 unspecified atom stereocenters. The molecule has 3 atom stereocenters. The van der Waals surface area contributed by atoms with Crippen molar-refractivity contribution in [1.82, 2.24) is 9.80 Å². The number of benzene rings is 1. The van der Waals surface area contributed by atoms with Crippen LogP contribution in [0.2, 0.25) is 0 Å². The van der Waals surface area contributed by atoms with Gasteiger partial charge in [-0.2, -0.15) is 0 Å². The number of aliphatic hydroxyl groups is 1. The SMILES string of the molecule is CCO[C@@H]1OC(C(=O)N2CCN(C)CC2)=C[C@H](c2ccccc2)[C@@H]1CCCO. The summed E-state index contributed by atoms with van der Waals surface area (Å²) in [5.74, 6) is 0.402. The van der Waals surface area contributed by atoms with Crippen LogP contribution in [0.3, 0.4) is 0 Å². The van der Waals surface area contributed by atoms with Crippen LogP contribution in [-0.2, 0) is 14.3 Å². The zero-order chi connectivity index (χ0) is 19.9. The average Bonchev–Trinajstić information content (AvgIpc) is 2.73. The van der Waals surface area contributed by atoms with Crippen molar-refractivity contribution < 1.29 is 19.4 Å². The Morgan fingerprint density at radius 3 is 2.57 bits per heavy atom. The lowest BCUT2D eigenvalue weighted by Crippen LogP contribution is -2.49. The van der Waals surface area contributed by atoms with E-state index >= 15 is 0 Å². The average molecular weight is 389 g/mol. The van der Waals surface area contributed by atoms with Gasteiger partial charge in [-0.15, -0.1) is 0 Å². The summed E-state index contributed by atoms with van der Waals surface area (Å²) in [6.07, 6.45) is 2.93. The molecule has 0 aromatic heterocycles. The Bertz CT molecular complexity index is 656. The normalized spacial score (nSPS) is 25.9. The number of carbonyl (C=O) groups is 1. The fourth-order valence-corrected chi connectivity index (χ4v) is 3.98. The van der Waals surface area contributed by atoms with E-state index in [2.05, 4.69) is 24.1 Å². The molecule has 2 aliphatic heterocycles. The van der Waals surface area contributed by atoms with Crippen molar-refractivity contribution in [3.8, 4) is 0 Å². The van der Waals surface area contributed by atoms with Crippen molar-refractivity contribution in [1.29, 1.82) is 0 Å². The van der Waals surface area contributed by atoms with Gasteiger partial charge in [0.1, 0.15) is 0 Å². The minimum atomic E-state index is -0.488. The molecule has 2 aliphatic rings. The zero-order valence-electron chi connectivity index (χ0n) is 16.9. The van der Waals surface area contributed by atoms with Gasteiger partial charge in [-0.25, -0.2) is 0 Å². The number of allylic oxidation sites excluding steroid dienone is 1. The first-order valence-corrected chi connectivity index (χ1v) is 10.3. The van der Waals surface area contributed by atoms with Crippen LogP contribution in [0, 0.1) is 5.92 Å². The van der Waals surface area contributed by atoms with Crippen LogP contribution >= 0.6 is 0 Å². The number of likely N-dealkylation sites (N-methyl/N-ethyl adjacent to an activating group) is 1.